The Kier molecular flexibility index (Phi) is 3.99. The SMILES string of the molecule is Cc1cc(NC(=O)C(C)N2CCc3nn(C)c(=O)cc3C2)no1. The summed E-state index contributed by atoms with van der Waals surface area (Å²) >= 11 is 0. The molecular formula is C15H19N5O3. The van der Waals surface area contributed by atoms with Crippen LogP contribution in [0.2, 0.25) is 0 Å². The van der Waals surface area contributed by atoms with Gasteiger partial charge in [0, 0.05) is 38.7 Å². The molecule has 0 bridgehead atoms. The van der Waals surface area contributed by atoms with Gasteiger partial charge in [0.1, 0.15) is 5.76 Å². The molecule has 0 aliphatic carbocycles. The molecule has 8 heteroatoms. The van der Waals surface area contributed by atoms with Crippen molar-refractivity contribution in [3.05, 3.63) is 39.5 Å². The first-order valence-corrected chi connectivity index (χ1v) is 7.48. The van der Waals surface area contributed by atoms with Crippen molar-refractivity contribution in [2.24, 2.45) is 7.05 Å². The lowest BCUT2D eigenvalue weighted by Gasteiger charge is -2.32. The number of amides is 1. The molecule has 1 N–H and O–H groups in total. The lowest BCUT2D eigenvalue weighted by atomic mass is 10.0. The topological polar surface area (TPSA) is 93.3 Å². The van der Waals surface area contributed by atoms with Crippen LogP contribution in [0.5, 0.6) is 0 Å². The molecule has 23 heavy (non-hydrogen) atoms. The molecular weight excluding hydrogens is 298 g/mol. The predicted molar refractivity (Wildman–Crippen MR) is 82.9 cm³/mol. The van der Waals surface area contributed by atoms with Gasteiger partial charge in [-0.3, -0.25) is 14.5 Å². The van der Waals surface area contributed by atoms with Crippen molar-refractivity contribution in [3.63, 3.8) is 0 Å². The average Bonchev–Trinajstić information content (AvgIpc) is 2.92. The molecule has 0 fully saturated rings. The average molecular weight is 317 g/mol. The van der Waals surface area contributed by atoms with E-state index in [2.05, 4.69) is 15.6 Å². The molecule has 1 aliphatic rings. The van der Waals surface area contributed by atoms with Crippen LogP contribution in [-0.4, -0.2) is 38.3 Å². The number of aromatic nitrogens is 3. The van der Waals surface area contributed by atoms with E-state index in [4.69, 9.17) is 4.52 Å². The number of aryl methyl sites for hydroxylation is 2. The molecule has 3 heterocycles. The van der Waals surface area contributed by atoms with Crippen LogP contribution in [0, 0.1) is 6.92 Å². The number of hydrogen-bond acceptors (Lipinski definition) is 6. The third-order valence-electron chi connectivity index (χ3n) is 4.07. The van der Waals surface area contributed by atoms with Crippen molar-refractivity contribution in [1.29, 1.82) is 0 Å². The van der Waals surface area contributed by atoms with Gasteiger partial charge in [-0.1, -0.05) is 5.16 Å². The molecule has 1 aliphatic heterocycles. The largest absolute Gasteiger partial charge is 0.360 e. The van der Waals surface area contributed by atoms with Crippen LogP contribution < -0.4 is 10.9 Å². The van der Waals surface area contributed by atoms with Crippen molar-refractivity contribution in [3.8, 4) is 0 Å². The highest BCUT2D eigenvalue weighted by molar-refractivity contribution is 5.93. The number of nitrogens with zero attached hydrogens (tertiary/aromatic N) is 4. The molecule has 0 saturated carbocycles. The minimum Gasteiger partial charge on any atom is -0.360 e. The molecule has 122 valence electrons. The number of carbonyl (C=O) groups is 1. The smallest absolute Gasteiger partial charge is 0.266 e. The van der Waals surface area contributed by atoms with Crippen LogP contribution in [0.25, 0.3) is 0 Å². The van der Waals surface area contributed by atoms with Gasteiger partial charge in [-0.05, 0) is 19.4 Å². The molecule has 0 aromatic carbocycles. The third-order valence-corrected chi connectivity index (χ3v) is 4.07. The van der Waals surface area contributed by atoms with Crippen LogP contribution in [0.4, 0.5) is 5.82 Å². The highest BCUT2D eigenvalue weighted by Crippen LogP contribution is 2.18. The molecule has 0 radical (unpaired) electrons. The Morgan fingerprint density at radius 3 is 2.91 bits per heavy atom. The Bertz CT molecular complexity index is 795. The van der Waals surface area contributed by atoms with Gasteiger partial charge in [0.25, 0.3) is 5.56 Å². The lowest BCUT2D eigenvalue weighted by molar-refractivity contribution is -0.121. The van der Waals surface area contributed by atoms with E-state index in [0.717, 1.165) is 11.3 Å². The summed E-state index contributed by atoms with van der Waals surface area (Å²) in [7, 11) is 1.64. The lowest BCUT2D eigenvalue weighted by Crippen LogP contribution is -2.45. The normalized spacial score (nSPS) is 16.0. The van der Waals surface area contributed by atoms with Crippen molar-refractivity contribution >= 4 is 11.7 Å². The Morgan fingerprint density at radius 2 is 2.22 bits per heavy atom. The minimum absolute atomic E-state index is 0.138. The van der Waals surface area contributed by atoms with Gasteiger partial charge in [-0.2, -0.15) is 5.10 Å². The second kappa shape index (κ2) is 5.96. The van der Waals surface area contributed by atoms with Crippen molar-refractivity contribution in [2.75, 3.05) is 11.9 Å². The number of nitrogens with one attached hydrogen (secondary N) is 1. The summed E-state index contributed by atoms with van der Waals surface area (Å²) < 4.78 is 6.28. The van der Waals surface area contributed by atoms with Gasteiger partial charge in [0.05, 0.1) is 11.7 Å². The van der Waals surface area contributed by atoms with E-state index >= 15 is 0 Å². The van der Waals surface area contributed by atoms with Gasteiger partial charge >= 0.3 is 0 Å². The molecule has 2 aromatic rings. The molecule has 1 amide bonds. The summed E-state index contributed by atoms with van der Waals surface area (Å²) in [6, 6.07) is 2.92. The molecule has 3 rings (SSSR count). The molecule has 0 spiro atoms. The molecule has 1 atom stereocenters. The fraction of sp³-hybridized carbons (Fsp3) is 0.467. The van der Waals surface area contributed by atoms with Gasteiger partial charge in [0.2, 0.25) is 5.91 Å². The zero-order valence-corrected chi connectivity index (χ0v) is 13.4. The van der Waals surface area contributed by atoms with Crippen LogP contribution in [0.15, 0.2) is 21.5 Å². The van der Waals surface area contributed by atoms with E-state index in [1.54, 1.807) is 26.1 Å². The fourth-order valence-electron chi connectivity index (χ4n) is 2.67. The fourth-order valence-corrected chi connectivity index (χ4v) is 2.67. The van der Waals surface area contributed by atoms with E-state index in [1.165, 1.54) is 4.68 Å². The predicted octanol–water partition coefficient (Wildman–Crippen LogP) is 0.462. The first kappa shape index (κ1) is 15.4. The van der Waals surface area contributed by atoms with Gasteiger partial charge in [-0.15, -0.1) is 0 Å². The molecule has 8 nitrogen and oxygen atoms in total. The van der Waals surface area contributed by atoms with Crippen LogP contribution in [-0.2, 0) is 24.8 Å². The highest BCUT2D eigenvalue weighted by atomic mass is 16.5. The molecule has 2 aromatic heterocycles. The maximum atomic E-state index is 12.3. The number of fused-ring (bicyclic) bond motifs is 1. The second-order valence-corrected chi connectivity index (χ2v) is 5.79. The summed E-state index contributed by atoms with van der Waals surface area (Å²) in [5.41, 5.74) is 1.67. The molecule has 1 unspecified atom stereocenters. The zero-order valence-electron chi connectivity index (χ0n) is 13.4. The van der Waals surface area contributed by atoms with Crippen LogP contribution in [0.3, 0.4) is 0 Å². The highest BCUT2D eigenvalue weighted by Gasteiger charge is 2.27. The minimum atomic E-state index is -0.343. The van der Waals surface area contributed by atoms with E-state index < -0.39 is 0 Å². The van der Waals surface area contributed by atoms with Crippen LogP contribution >= 0.6 is 0 Å². The van der Waals surface area contributed by atoms with E-state index in [0.29, 0.717) is 31.1 Å². The van der Waals surface area contributed by atoms with Crippen molar-refractivity contribution in [1.82, 2.24) is 19.8 Å². The number of hydrogen-bond donors (Lipinski definition) is 1. The Morgan fingerprint density at radius 1 is 1.43 bits per heavy atom. The van der Waals surface area contributed by atoms with Gasteiger partial charge in [-0.25, -0.2) is 4.68 Å². The summed E-state index contributed by atoms with van der Waals surface area (Å²) in [5.74, 6) is 0.896. The van der Waals surface area contributed by atoms with Crippen molar-refractivity contribution < 1.29 is 9.32 Å². The van der Waals surface area contributed by atoms with Gasteiger partial charge < -0.3 is 9.84 Å². The van der Waals surface area contributed by atoms with Gasteiger partial charge in [0.15, 0.2) is 5.82 Å². The Balaban J connectivity index is 1.71. The number of anilines is 1. The van der Waals surface area contributed by atoms with E-state index in [1.807, 2.05) is 11.8 Å². The quantitative estimate of drug-likeness (QED) is 0.884. The summed E-state index contributed by atoms with van der Waals surface area (Å²) in [5, 5.41) is 10.8. The number of rotatable bonds is 3. The molecule has 0 saturated heterocycles. The first-order chi connectivity index (χ1) is 10.9. The maximum Gasteiger partial charge on any atom is 0.266 e. The Hall–Kier alpha value is -2.48. The van der Waals surface area contributed by atoms with Crippen LogP contribution in [0.1, 0.15) is 23.9 Å². The standard InChI is InChI=1S/C15H19N5O3/c1-9-6-13(18-23-9)16-15(22)10(2)20-5-4-12-11(8-20)7-14(21)19(3)17-12/h6-7,10H,4-5,8H2,1-3H3,(H,16,18,22). The van der Waals surface area contributed by atoms with Crippen molar-refractivity contribution in [2.45, 2.75) is 32.9 Å². The third kappa shape index (κ3) is 3.16. The summed E-state index contributed by atoms with van der Waals surface area (Å²) in [6.45, 7) is 4.85. The Labute approximate surface area is 133 Å². The maximum absolute atomic E-state index is 12.3. The van der Waals surface area contributed by atoms with E-state index in [9.17, 15) is 9.59 Å². The summed E-state index contributed by atoms with van der Waals surface area (Å²) in [4.78, 5) is 26.1. The first-order valence-electron chi connectivity index (χ1n) is 7.48. The number of carbonyl (C=O) groups excluding carboxylic acids is 1. The second-order valence-electron chi connectivity index (χ2n) is 5.79. The zero-order chi connectivity index (χ0) is 16.6. The monoisotopic (exact) mass is 317 g/mol. The van der Waals surface area contributed by atoms with E-state index in [-0.39, 0.29) is 17.5 Å². The summed E-state index contributed by atoms with van der Waals surface area (Å²) in [6.07, 6.45) is 0.712.